The first-order valence-corrected chi connectivity index (χ1v) is 7.94. The summed E-state index contributed by atoms with van der Waals surface area (Å²) in [6, 6.07) is 13.5. The fourth-order valence-electron chi connectivity index (χ4n) is 1.75. The zero-order valence-corrected chi connectivity index (χ0v) is 14.5. The molecule has 0 aliphatic heterocycles. The van der Waals surface area contributed by atoms with Crippen molar-refractivity contribution < 1.29 is 4.42 Å². The molecule has 100 valence electrons. The van der Waals surface area contributed by atoms with Crippen LogP contribution in [0.4, 0.5) is 0 Å². The van der Waals surface area contributed by atoms with Gasteiger partial charge in [-0.15, -0.1) is 0 Å². The van der Waals surface area contributed by atoms with Crippen molar-refractivity contribution in [1.29, 1.82) is 0 Å². The summed E-state index contributed by atoms with van der Waals surface area (Å²) in [4.78, 5) is 8.84. The molecule has 3 aromatic rings. The first-order chi connectivity index (χ1) is 9.65. The van der Waals surface area contributed by atoms with E-state index >= 15 is 0 Å². The lowest BCUT2D eigenvalue weighted by molar-refractivity contribution is 0.551. The number of hydrogen-bond acceptors (Lipinski definition) is 3. The summed E-state index contributed by atoms with van der Waals surface area (Å²) in [5, 5.41) is 0.418. The molecule has 3 rings (SSSR count). The minimum Gasteiger partial charge on any atom is -0.446 e. The highest BCUT2D eigenvalue weighted by molar-refractivity contribution is 14.1. The van der Waals surface area contributed by atoms with Crippen LogP contribution in [0.3, 0.4) is 0 Å². The van der Waals surface area contributed by atoms with Gasteiger partial charge in [-0.3, -0.25) is 0 Å². The molecule has 0 N–H and O–H groups in total. The van der Waals surface area contributed by atoms with Gasteiger partial charge in [0.05, 0.1) is 9.26 Å². The van der Waals surface area contributed by atoms with E-state index in [4.69, 9.17) is 16.0 Å². The van der Waals surface area contributed by atoms with E-state index in [1.165, 1.54) is 0 Å². The number of rotatable bonds is 2. The fraction of sp³-hybridized carbons (Fsp3) is 0. The topological polar surface area (TPSA) is 38.9 Å². The maximum atomic E-state index is 6.21. The van der Waals surface area contributed by atoms with Crippen LogP contribution in [0.25, 0.3) is 22.8 Å². The van der Waals surface area contributed by atoms with E-state index in [9.17, 15) is 0 Å². The molecule has 0 spiro atoms. The Morgan fingerprint density at radius 3 is 2.45 bits per heavy atom. The van der Waals surface area contributed by atoms with Crippen molar-refractivity contribution in [3.63, 3.8) is 0 Å². The summed E-state index contributed by atoms with van der Waals surface area (Å²) < 4.78 is 6.94. The Morgan fingerprint density at radius 2 is 1.80 bits per heavy atom. The average molecular weight is 461 g/mol. The monoisotopic (exact) mass is 460 g/mol. The lowest BCUT2D eigenvalue weighted by atomic mass is 10.1. The summed E-state index contributed by atoms with van der Waals surface area (Å²) in [7, 11) is 0. The van der Waals surface area contributed by atoms with Gasteiger partial charge in [0.15, 0.2) is 16.3 Å². The molecular weight excluding hydrogens is 454 g/mol. The van der Waals surface area contributed by atoms with E-state index in [2.05, 4.69) is 48.5 Å². The van der Waals surface area contributed by atoms with Crippen LogP contribution in [0.5, 0.6) is 0 Å². The maximum Gasteiger partial charge on any atom is 0.197 e. The van der Waals surface area contributed by atoms with Crippen molar-refractivity contribution in [3.8, 4) is 22.8 Å². The van der Waals surface area contributed by atoms with Crippen molar-refractivity contribution in [3.05, 3.63) is 55.9 Å². The summed E-state index contributed by atoms with van der Waals surface area (Å²) in [6.07, 6.45) is 0. The molecule has 0 radical (unpaired) electrons. The zero-order chi connectivity index (χ0) is 14.1. The molecule has 3 nitrogen and oxygen atoms in total. The van der Waals surface area contributed by atoms with E-state index in [0.29, 0.717) is 21.4 Å². The van der Waals surface area contributed by atoms with Crippen LogP contribution in [-0.2, 0) is 0 Å². The first kappa shape index (κ1) is 14.0. The molecule has 0 unspecified atom stereocenters. The summed E-state index contributed by atoms with van der Waals surface area (Å²) in [5.41, 5.74) is 1.79. The van der Waals surface area contributed by atoms with Gasteiger partial charge in [0, 0.05) is 5.56 Å². The SMILES string of the molecule is Clc1nc(-c2ccc(Br)o2)nc(-c2ccccc2)c1I. The standard InChI is InChI=1S/C14H7BrClIN2O/c15-10-7-6-9(20-10)14-18-12(11(17)13(16)19-14)8-4-2-1-3-5-8/h1-7H. The molecule has 0 aliphatic carbocycles. The van der Waals surface area contributed by atoms with Gasteiger partial charge in [-0.25, -0.2) is 9.97 Å². The molecular formula is C14H7BrClIN2O. The van der Waals surface area contributed by atoms with Crippen LogP contribution in [0.15, 0.2) is 51.6 Å². The van der Waals surface area contributed by atoms with Crippen LogP contribution >= 0.6 is 50.1 Å². The summed E-state index contributed by atoms with van der Waals surface area (Å²) in [5.74, 6) is 1.05. The number of halogens is 3. The van der Waals surface area contributed by atoms with Gasteiger partial charge in [0.2, 0.25) is 0 Å². The van der Waals surface area contributed by atoms with Gasteiger partial charge in [0.1, 0.15) is 5.15 Å². The number of aromatic nitrogens is 2. The molecule has 0 aliphatic rings. The van der Waals surface area contributed by atoms with Gasteiger partial charge in [-0.1, -0.05) is 41.9 Å². The van der Waals surface area contributed by atoms with E-state index in [1.807, 2.05) is 30.3 Å². The Labute approximate surface area is 142 Å². The third-order valence-electron chi connectivity index (χ3n) is 2.65. The van der Waals surface area contributed by atoms with E-state index in [0.717, 1.165) is 14.8 Å². The normalized spacial score (nSPS) is 10.8. The minimum absolute atomic E-state index is 0.418. The molecule has 20 heavy (non-hydrogen) atoms. The van der Waals surface area contributed by atoms with Crippen LogP contribution in [-0.4, -0.2) is 9.97 Å². The van der Waals surface area contributed by atoms with E-state index < -0.39 is 0 Å². The van der Waals surface area contributed by atoms with Crippen molar-refractivity contribution in [2.45, 2.75) is 0 Å². The third-order valence-corrected chi connectivity index (χ3v) is 4.69. The second kappa shape index (κ2) is 5.83. The highest BCUT2D eigenvalue weighted by Crippen LogP contribution is 2.31. The highest BCUT2D eigenvalue weighted by atomic mass is 127. The number of hydrogen-bond donors (Lipinski definition) is 0. The summed E-state index contributed by atoms with van der Waals surface area (Å²) >= 11 is 11.6. The van der Waals surface area contributed by atoms with Crippen LogP contribution in [0.1, 0.15) is 0 Å². The maximum absolute atomic E-state index is 6.21. The van der Waals surface area contributed by atoms with Gasteiger partial charge in [0.25, 0.3) is 0 Å². The molecule has 1 aromatic carbocycles. The molecule has 0 fully saturated rings. The molecule has 6 heteroatoms. The predicted octanol–water partition coefficient (Wildman–Crippen LogP) is 5.42. The van der Waals surface area contributed by atoms with Crippen LogP contribution < -0.4 is 0 Å². The Morgan fingerprint density at radius 1 is 1.05 bits per heavy atom. The number of nitrogens with zero attached hydrogens (tertiary/aromatic N) is 2. The van der Waals surface area contributed by atoms with Gasteiger partial charge < -0.3 is 4.42 Å². The Bertz CT molecular complexity index is 761. The van der Waals surface area contributed by atoms with Gasteiger partial charge in [-0.05, 0) is 50.7 Å². The quantitative estimate of drug-likeness (QED) is 0.378. The Hall–Kier alpha value is -0.920. The second-order valence-corrected chi connectivity index (χ2v) is 6.19. The average Bonchev–Trinajstić information content (AvgIpc) is 2.89. The minimum atomic E-state index is 0.418. The molecule has 2 aromatic heterocycles. The third kappa shape index (κ3) is 2.75. The predicted molar refractivity (Wildman–Crippen MR) is 90.6 cm³/mol. The number of benzene rings is 1. The van der Waals surface area contributed by atoms with Crippen LogP contribution in [0, 0.1) is 3.57 Å². The molecule has 0 amide bonds. The molecule has 0 saturated carbocycles. The van der Waals surface area contributed by atoms with E-state index in [1.54, 1.807) is 12.1 Å². The summed E-state index contributed by atoms with van der Waals surface area (Å²) in [6.45, 7) is 0. The van der Waals surface area contributed by atoms with Crippen molar-refractivity contribution in [2.24, 2.45) is 0 Å². The van der Waals surface area contributed by atoms with E-state index in [-0.39, 0.29) is 0 Å². The Kier molecular flexibility index (Phi) is 4.09. The highest BCUT2D eigenvalue weighted by Gasteiger charge is 2.15. The molecule has 2 heterocycles. The Balaban J connectivity index is 2.18. The smallest absolute Gasteiger partial charge is 0.197 e. The lowest BCUT2D eigenvalue weighted by Crippen LogP contribution is -1.96. The van der Waals surface area contributed by atoms with Gasteiger partial charge >= 0.3 is 0 Å². The largest absolute Gasteiger partial charge is 0.446 e. The second-order valence-electron chi connectivity index (χ2n) is 3.97. The van der Waals surface area contributed by atoms with Crippen molar-refractivity contribution in [2.75, 3.05) is 0 Å². The first-order valence-electron chi connectivity index (χ1n) is 5.69. The molecule has 0 saturated heterocycles. The van der Waals surface area contributed by atoms with Crippen LogP contribution in [0.2, 0.25) is 5.15 Å². The van der Waals surface area contributed by atoms with Crippen molar-refractivity contribution >= 4 is 50.1 Å². The van der Waals surface area contributed by atoms with Crippen molar-refractivity contribution in [1.82, 2.24) is 9.97 Å². The zero-order valence-electron chi connectivity index (χ0n) is 9.98. The molecule has 0 atom stereocenters. The number of furan rings is 1. The van der Waals surface area contributed by atoms with Gasteiger partial charge in [-0.2, -0.15) is 0 Å². The fourth-order valence-corrected chi connectivity index (χ4v) is 2.78. The molecule has 0 bridgehead atoms. The lowest BCUT2D eigenvalue weighted by Gasteiger charge is -2.07.